The zero-order valence-corrected chi connectivity index (χ0v) is 11.0. The Morgan fingerprint density at radius 1 is 1.35 bits per heavy atom. The maximum absolute atomic E-state index is 11.9. The molecule has 0 aromatic heterocycles. The SMILES string of the molecule is COC(=O)C(C(=O)NCCC1CCC1)C(C)C. The summed E-state index contributed by atoms with van der Waals surface area (Å²) in [6.07, 6.45) is 4.90. The number of hydrogen-bond acceptors (Lipinski definition) is 3. The first-order valence-corrected chi connectivity index (χ1v) is 6.41. The number of esters is 1. The van der Waals surface area contributed by atoms with Gasteiger partial charge in [-0.1, -0.05) is 33.1 Å². The molecule has 0 spiro atoms. The van der Waals surface area contributed by atoms with Crippen LogP contribution in [-0.2, 0) is 14.3 Å². The molecule has 0 radical (unpaired) electrons. The molecule has 1 rings (SSSR count). The topological polar surface area (TPSA) is 55.4 Å². The second-order valence-electron chi connectivity index (χ2n) is 5.12. The summed E-state index contributed by atoms with van der Waals surface area (Å²) in [5, 5.41) is 2.84. The maximum atomic E-state index is 11.9. The predicted molar refractivity (Wildman–Crippen MR) is 65.3 cm³/mol. The fourth-order valence-electron chi connectivity index (χ4n) is 2.10. The first-order chi connectivity index (χ1) is 8.06. The van der Waals surface area contributed by atoms with E-state index < -0.39 is 11.9 Å². The lowest BCUT2D eigenvalue weighted by Gasteiger charge is -2.25. The predicted octanol–water partition coefficient (Wildman–Crippen LogP) is 1.74. The first-order valence-electron chi connectivity index (χ1n) is 6.41. The summed E-state index contributed by atoms with van der Waals surface area (Å²) in [6.45, 7) is 4.38. The van der Waals surface area contributed by atoms with E-state index in [1.165, 1.54) is 26.4 Å². The number of amides is 1. The van der Waals surface area contributed by atoms with Gasteiger partial charge in [0, 0.05) is 6.54 Å². The lowest BCUT2D eigenvalue weighted by atomic mass is 9.83. The number of ether oxygens (including phenoxy) is 1. The Kier molecular flexibility index (Phi) is 5.45. The minimum absolute atomic E-state index is 0.0360. The van der Waals surface area contributed by atoms with Crippen molar-refractivity contribution in [2.24, 2.45) is 17.8 Å². The second kappa shape index (κ2) is 6.62. The summed E-state index contributed by atoms with van der Waals surface area (Å²) in [5.74, 6) is -0.592. The summed E-state index contributed by atoms with van der Waals surface area (Å²) >= 11 is 0. The highest BCUT2D eigenvalue weighted by Gasteiger charge is 2.30. The highest BCUT2D eigenvalue weighted by Crippen LogP contribution is 2.28. The van der Waals surface area contributed by atoms with Gasteiger partial charge in [-0.3, -0.25) is 9.59 Å². The highest BCUT2D eigenvalue weighted by molar-refractivity contribution is 5.97. The molecule has 0 heterocycles. The molecule has 0 bridgehead atoms. The summed E-state index contributed by atoms with van der Waals surface area (Å²) in [7, 11) is 1.32. The molecule has 98 valence electrons. The van der Waals surface area contributed by atoms with Crippen LogP contribution in [0.5, 0.6) is 0 Å². The summed E-state index contributed by atoms with van der Waals surface area (Å²) < 4.78 is 4.65. The molecule has 0 aliphatic heterocycles. The van der Waals surface area contributed by atoms with Crippen molar-refractivity contribution in [3.8, 4) is 0 Å². The van der Waals surface area contributed by atoms with E-state index in [4.69, 9.17) is 0 Å². The molecule has 1 unspecified atom stereocenters. The Bertz CT molecular complexity index is 272. The van der Waals surface area contributed by atoms with Gasteiger partial charge in [0.2, 0.25) is 5.91 Å². The molecule has 1 saturated carbocycles. The summed E-state index contributed by atoms with van der Waals surface area (Å²) in [4.78, 5) is 23.3. The lowest BCUT2D eigenvalue weighted by molar-refractivity contribution is -0.151. The second-order valence-corrected chi connectivity index (χ2v) is 5.12. The molecule has 4 heteroatoms. The van der Waals surface area contributed by atoms with Crippen LogP contribution in [0.15, 0.2) is 0 Å². The average Bonchev–Trinajstić information content (AvgIpc) is 2.21. The van der Waals surface area contributed by atoms with Crippen molar-refractivity contribution in [2.45, 2.75) is 39.5 Å². The van der Waals surface area contributed by atoms with Crippen LogP contribution < -0.4 is 5.32 Å². The molecular weight excluding hydrogens is 218 g/mol. The van der Waals surface area contributed by atoms with Crippen LogP contribution in [-0.4, -0.2) is 25.5 Å². The van der Waals surface area contributed by atoms with Gasteiger partial charge in [0.25, 0.3) is 0 Å². The van der Waals surface area contributed by atoms with E-state index >= 15 is 0 Å². The van der Waals surface area contributed by atoms with Crippen LogP contribution in [0.2, 0.25) is 0 Å². The van der Waals surface area contributed by atoms with Gasteiger partial charge in [-0.2, -0.15) is 0 Å². The normalized spacial score (nSPS) is 17.4. The van der Waals surface area contributed by atoms with Crippen LogP contribution in [0.1, 0.15) is 39.5 Å². The van der Waals surface area contributed by atoms with Gasteiger partial charge in [0.15, 0.2) is 0 Å². The molecule has 0 saturated heterocycles. The fourth-order valence-corrected chi connectivity index (χ4v) is 2.10. The zero-order chi connectivity index (χ0) is 12.8. The Morgan fingerprint density at radius 3 is 2.41 bits per heavy atom. The fraction of sp³-hybridized carbons (Fsp3) is 0.846. The average molecular weight is 241 g/mol. The lowest BCUT2D eigenvalue weighted by Crippen LogP contribution is -2.40. The van der Waals surface area contributed by atoms with Gasteiger partial charge in [0.1, 0.15) is 5.92 Å². The van der Waals surface area contributed by atoms with E-state index in [2.05, 4.69) is 10.1 Å². The quantitative estimate of drug-likeness (QED) is 0.569. The van der Waals surface area contributed by atoms with Gasteiger partial charge < -0.3 is 10.1 Å². The molecule has 1 fully saturated rings. The number of carbonyl (C=O) groups excluding carboxylic acids is 2. The van der Waals surface area contributed by atoms with E-state index in [-0.39, 0.29) is 11.8 Å². The maximum Gasteiger partial charge on any atom is 0.318 e. The monoisotopic (exact) mass is 241 g/mol. The Balaban J connectivity index is 2.33. The van der Waals surface area contributed by atoms with Gasteiger partial charge in [0.05, 0.1) is 7.11 Å². The molecule has 1 N–H and O–H groups in total. The van der Waals surface area contributed by atoms with Crippen molar-refractivity contribution >= 4 is 11.9 Å². The minimum Gasteiger partial charge on any atom is -0.468 e. The van der Waals surface area contributed by atoms with Crippen LogP contribution in [0.25, 0.3) is 0 Å². The van der Waals surface area contributed by atoms with Gasteiger partial charge in [-0.15, -0.1) is 0 Å². The van der Waals surface area contributed by atoms with Crippen molar-refractivity contribution in [2.75, 3.05) is 13.7 Å². The number of carbonyl (C=O) groups is 2. The van der Waals surface area contributed by atoms with E-state index in [9.17, 15) is 9.59 Å². The molecule has 0 aromatic carbocycles. The van der Waals surface area contributed by atoms with E-state index in [0.717, 1.165) is 12.3 Å². The largest absolute Gasteiger partial charge is 0.468 e. The van der Waals surface area contributed by atoms with Crippen molar-refractivity contribution in [3.63, 3.8) is 0 Å². The Morgan fingerprint density at radius 2 is 2.00 bits per heavy atom. The first kappa shape index (κ1) is 14.0. The third kappa shape index (κ3) is 4.02. The number of methoxy groups -OCH3 is 1. The van der Waals surface area contributed by atoms with E-state index in [1.54, 1.807) is 0 Å². The molecule has 1 amide bonds. The van der Waals surface area contributed by atoms with Crippen molar-refractivity contribution < 1.29 is 14.3 Å². The number of nitrogens with one attached hydrogen (secondary N) is 1. The summed E-state index contributed by atoms with van der Waals surface area (Å²) in [6, 6.07) is 0. The number of hydrogen-bond donors (Lipinski definition) is 1. The molecule has 17 heavy (non-hydrogen) atoms. The number of rotatable bonds is 6. The van der Waals surface area contributed by atoms with Crippen molar-refractivity contribution in [1.82, 2.24) is 5.32 Å². The minimum atomic E-state index is -0.679. The zero-order valence-electron chi connectivity index (χ0n) is 11.0. The third-order valence-electron chi connectivity index (χ3n) is 3.48. The van der Waals surface area contributed by atoms with Crippen molar-refractivity contribution in [1.29, 1.82) is 0 Å². The molecule has 1 aliphatic carbocycles. The Hall–Kier alpha value is -1.06. The molecular formula is C13H23NO3. The standard InChI is InChI=1S/C13H23NO3/c1-9(2)11(13(16)17-3)12(15)14-8-7-10-5-4-6-10/h9-11H,4-8H2,1-3H3,(H,14,15). The highest BCUT2D eigenvalue weighted by atomic mass is 16.5. The molecule has 4 nitrogen and oxygen atoms in total. The molecule has 1 atom stereocenters. The van der Waals surface area contributed by atoms with E-state index in [1.807, 2.05) is 13.8 Å². The van der Waals surface area contributed by atoms with Crippen LogP contribution in [0.3, 0.4) is 0 Å². The van der Waals surface area contributed by atoms with Crippen LogP contribution in [0, 0.1) is 17.8 Å². The van der Waals surface area contributed by atoms with Gasteiger partial charge in [-0.25, -0.2) is 0 Å². The molecule has 1 aliphatic rings. The Labute approximate surface area is 103 Å². The van der Waals surface area contributed by atoms with Gasteiger partial charge in [-0.05, 0) is 18.3 Å². The van der Waals surface area contributed by atoms with Gasteiger partial charge >= 0.3 is 5.97 Å². The smallest absolute Gasteiger partial charge is 0.318 e. The third-order valence-corrected chi connectivity index (χ3v) is 3.48. The molecule has 0 aromatic rings. The van der Waals surface area contributed by atoms with Crippen molar-refractivity contribution in [3.05, 3.63) is 0 Å². The van der Waals surface area contributed by atoms with E-state index in [0.29, 0.717) is 6.54 Å². The van der Waals surface area contributed by atoms with Crippen LogP contribution in [0.4, 0.5) is 0 Å². The van der Waals surface area contributed by atoms with Crippen LogP contribution >= 0.6 is 0 Å². The summed E-state index contributed by atoms with van der Waals surface area (Å²) in [5.41, 5.74) is 0.